The van der Waals surface area contributed by atoms with Crippen LogP contribution in [0.25, 0.3) is 0 Å². The smallest absolute Gasteiger partial charge is 0.385 e. The SMILES string of the molecule is C#CC#CC#CC#CC#CC#CC#CC(=O)O[C@H](CO)COC(=O)C#CC#CC#CC#CC#CC. The van der Waals surface area contributed by atoms with Crippen LogP contribution in [0, 0.1) is 143 Å². The first-order chi connectivity index (χ1) is 17.1. The monoisotopic (exact) mass is 450 g/mol. The van der Waals surface area contributed by atoms with Crippen LogP contribution in [0.5, 0.6) is 0 Å². The molecule has 5 heteroatoms. The Morgan fingerprint density at radius 1 is 0.657 bits per heavy atom. The van der Waals surface area contributed by atoms with E-state index in [0.29, 0.717) is 0 Å². The van der Waals surface area contributed by atoms with Gasteiger partial charge in [-0.25, -0.2) is 9.59 Å². The zero-order chi connectivity index (χ0) is 25.8. The zero-order valence-corrected chi connectivity index (χ0v) is 18.1. The van der Waals surface area contributed by atoms with E-state index in [-0.39, 0.29) is 0 Å². The second-order valence-corrected chi connectivity index (χ2v) is 4.83. The van der Waals surface area contributed by atoms with Crippen LogP contribution in [0.2, 0.25) is 0 Å². The molecule has 0 bridgehead atoms. The third-order valence-electron chi connectivity index (χ3n) is 2.47. The van der Waals surface area contributed by atoms with Gasteiger partial charge >= 0.3 is 11.9 Å². The molecule has 0 fully saturated rings. The topological polar surface area (TPSA) is 72.8 Å². The van der Waals surface area contributed by atoms with Crippen LogP contribution in [0.3, 0.4) is 0 Å². The summed E-state index contributed by atoms with van der Waals surface area (Å²) in [7, 11) is 0. The van der Waals surface area contributed by atoms with E-state index in [2.05, 4.69) is 136 Å². The number of rotatable bonds is 4. The van der Waals surface area contributed by atoms with Crippen molar-refractivity contribution in [3.63, 3.8) is 0 Å². The van der Waals surface area contributed by atoms with E-state index in [1.807, 2.05) is 0 Å². The van der Waals surface area contributed by atoms with Crippen LogP contribution in [-0.2, 0) is 19.1 Å². The minimum atomic E-state index is -1.14. The van der Waals surface area contributed by atoms with Gasteiger partial charge < -0.3 is 14.6 Å². The summed E-state index contributed by atoms with van der Waals surface area (Å²) < 4.78 is 9.59. The largest absolute Gasteiger partial charge is 0.452 e. The molecule has 160 valence electrons. The molecule has 0 aromatic rings. The van der Waals surface area contributed by atoms with Crippen molar-refractivity contribution in [3.8, 4) is 143 Å². The molecule has 0 unspecified atom stereocenters. The van der Waals surface area contributed by atoms with Crippen LogP contribution < -0.4 is 0 Å². The van der Waals surface area contributed by atoms with Gasteiger partial charge in [-0.2, -0.15) is 0 Å². The van der Waals surface area contributed by atoms with Crippen LogP contribution in [0.4, 0.5) is 0 Å². The van der Waals surface area contributed by atoms with Crippen molar-refractivity contribution in [1.29, 1.82) is 0 Å². The zero-order valence-electron chi connectivity index (χ0n) is 18.1. The predicted octanol–water partition coefficient (Wildman–Crippen LogP) is -0.876. The number of aliphatic hydroxyl groups is 1. The maximum atomic E-state index is 11.6. The Morgan fingerprint density at radius 3 is 1.49 bits per heavy atom. The van der Waals surface area contributed by atoms with Gasteiger partial charge in [0, 0.05) is 11.8 Å². The van der Waals surface area contributed by atoms with E-state index in [1.165, 1.54) is 0 Å². The molecule has 1 N–H and O–H groups in total. The van der Waals surface area contributed by atoms with Crippen LogP contribution in [0.1, 0.15) is 6.92 Å². The van der Waals surface area contributed by atoms with E-state index in [9.17, 15) is 14.7 Å². The Hall–Kier alpha value is -6.38. The maximum Gasteiger partial charge on any atom is 0.385 e. The summed E-state index contributed by atoms with van der Waals surface area (Å²) in [5.74, 6) is 51.9. The summed E-state index contributed by atoms with van der Waals surface area (Å²) in [4.78, 5) is 23.1. The van der Waals surface area contributed by atoms with Gasteiger partial charge in [-0.1, -0.05) is 5.92 Å². The third-order valence-corrected chi connectivity index (χ3v) is 2.47. The second kappa shape index (κ2) is 22.3. The molecule has 0 saturated carbocycles. The van der Waals surface area contributed by atoms with Gasteiger partial charge in [0.15, 0.2) is 6.10 Å². The molecule has 1 atom stereocenters. The lowest BCUT2D eigenvalue weighted by molar-refractivity contribution is -0.153. The number of hydrogen-bond donors (Lipinski definition) is 1. The van der Waals surface area contributed by atoms with E-state index in [1.54, 1.807) is 6.92 Å². The molecule has 0 aliphatic carbocycles. The molecule has 0 radical (unpaired) electrons. The van der Waals surface area contributed by atoms with Crippen LogP contribution in [-0.4, -0.2) is 36.4 Å². The number of carbonyl (C=O) groups excluding carboxylic acids is 2. The molecule has 0 spiro atoms. The predicted molar refractivity (Wildman–Crippen MR) is 128 cm³/mol. The van der Waals surface area contributed by atoms with Gasteiger partial charge in [-0.05, 0) is 125 Å². The number of hydrogen-bond acceptors (Lipinski definition) is 5. The molecule has 0 aliphatic rings. The van der Waals surface area contributed by atoms with Gasteiger partial charge in [0.2, 0.25) is 0 Å². The van der Waals surface area contributed by atoms with E-state index in [0.717, 1.165) is 0 Å². The lowest BCUT2D eigenvalue weighted by atomic mass is 10.4. The van der Waals surface area contributed by atoms with Crippen molar-refractivity contribution in [2.75, 3.05) is 13.2 Å². The molecular weight excluding hydrogens is 440 g/mol. The summed E-state index contributed by atoms with van der Waals surface area (Å²) in [6, 6.07) is 0. The molecule has 0 amide bonds. The molecule has 35 heavy (non-hydrogen) atoms. The molecule has 0 rings (SSSR count). The van der Waals surface area contributed by atoms with Crippen molar-refractivity contribution in [3.05, 3.63) is 0 Å². The summed E-state index contributed by atoms with van der Waals surface area (Å²) in [6.45, 7) is 0.594. The van der Waals surface area contributed by atoms with Crippen LogP contribution in [0.15, 0.2) is 0 Å². The molecule has 0 aliphatic heterocycles. The normalized spacial score (nSPS) is 6.66. The first-order valence-electron chi connectivity index (χ1n) is 9.01. The molecule has 0 saturated heterocycles. The Morgan fingerprint density at radius 2 is 1.06 bits per heavy atom. The summed E-state index contributed by atoms with van der Waals surface area (Å²) in [6.07, 6.45) is 3.77. The van der Waals surface area contributed by atoms with E-state index in [4.69, 9.17) is 15.9 Å². The molecular formula is C30H10O5. The highest BCUT2D eigenvalue weighted by atomic mass is 16.6. The highest BCUT2D eigenvalue weighted by Gasteiger charge is 2.14. The molecule has 0 heterocycles. The Bertz CT molecular complexity index is 1570. The highest BCUT2D eigenvalue weighted by molar-refractivity contribution is 5.90. The fourth-order valence-corrected chi connectivity index (χ4v) is 1.24. The summed E-state index contributed by atoms with van der Waals surface area (Å²) >= 11 is 0. The first kappa shape index (κ1) is 28.6. The second-order valence-electron chi connectivity index (χ2n) is 4.83. The maximum absolute atomic E-state index is 11.6. The fraction of sp³-hybridized carbons (Fsp3) is 0.133. The van der Waals surface area contributed by atoms with Gasteiger partial charge in [-0.3, -0.25) is 0 Å². The number of esters is 2. The van der Waals surface area contributed by atoms with Crippen molar-refractivity contribution < 1.29 is 24.2 Å². The van der Waals surface area contributed by atoms with Gasteiger partial charge in [0.25, 0.3) is 0 Å². The van der Waals surface area contributed by atoms with E-state index >= 15 is 0 Å². The van der Waals surface area contributed by atoms with Crippen molar-refractivity contribution in [1.82, 2.24) is 0 Å². The lowest BCUT2D eigenvalue weighted by Crippen LogP contribution is -2.27. The molecule has 0 aromatic carbocycles. The number of terminal acetylenes is 1. The van der Waals surface area contributed by atoms with Gasteiger partial charge in [0.1, 0.15) is 6.61 Å². The standard InChI is InChI=1S/C30H10O5/c1-3-5-7-9-11-13-14-15-17-19-21-23-25-30(33)35-28(26-31)27-34-29(32)24-22-20-18-16-12-10-8-6-4-2/h1,28,31H,26-27H2,2H3/t28-/m1/s1. The Kier molecular flexibility index (Phi) is 18.2. The van der Waals surface area contributed by atoms with Crippen molar-refractivity contribution in [2.24, 2.45) is 0 Å². The van der Waals surface area contributed by atoms with E-state index < -0.39 is 31.3 Å². The number of carbonyl (C=O) groups is 2. The van der Waals surface area contributed by atoms with Crippen molar-refractivity contribution >= 4 is 11.9 Å². The summed E-state index contributed by atoms with van der Waals surface area (Å²) in [5, 5.41) is 9.22. The van der Waals surface area contributed by atoms with Crippen LogP contribution >= 0.6 is 0 Å². The molecule has 5 nitrogen and oxygen atoms in total. The highest BCUT2D eigenvalue weighted by Crippen LogP contribution is 1.94. The number of ether oxygens (including phenoxy) is 2. The average molecular weight is 450 g/mol. The fourth-order valence-electron chi connectivity index (χ4n) is 1.24. The molecule has 0 aromatic heterocycles. The number of aliphatic hydroxyl groups excluding tert-OH is 1. The third kappa shape index (κ3) is 20.7. The minimum absolute atomic E-state index is 0.439. The first-order valence-corrected chi connectivity index (χ1v) is 9.01. The van der Waals surface area contributed by atoms with Gasteiger partial charge in [-0.15, -0.1) is 6.42 Å². The quantitative estimate of drug-likeness (QED) is 0.343. The van der Waals surface area contributed by atoms with Gasteiger partial charge in [0.05, 0.1) is 6.61 Å². The average Bonchev–Trinajstić information content (AvgIpc) is 2.86. The lowest BCUT2D eigenvalue weighted by Gasteiger charge is -2.12. The minimum Gasteiger partial charge on any atom is -0.452 e. The van der Waals surface area contributed by atoms with Crippen molar-refractivity contribution in [2.45, 2.75) is 13.0 Å². The Balaban J connectivity index is 4.57. The Labute approximate surface area is 205 Å². The summed E-state index contributed by atoms with van der Waals surface area (Å²) in [5.41, 5.74) is 0.